The van der Waals surface area contributed by atoms with Crippen LogP contribution in [0.3, 0.4) is 0 Å². The number of amides is 1. The van der Waals surface area contributed by atoms with Crippen LogP contribution in [0.4, 0.5) is 8.78 Å². The number of primary amides is 1. The van der Waals surface area contributed by atoms with Gasteiger partial charge in [0.05, 0.1) is 17.3 Å². The average Bonchev–Trinajstić information content (AvgIpc) is 3.12. The Morgan fingerprint density at radius 2 is 2.06 bits per heavy atom. The van der Waals surface area contributed by atoms with Gasteiger partial charge in [-0.1, -0.05) is 0 Å². The van der Waals surface area contributed by atoms with Crippen LogP contribution in [0.5, 0.6) is 17.2 Å². The molecule has 0 atom stereocenters. The summed E-state index contributed by atoms with van der Waals surface area (Å²) < 4.78 is 42.3. The highest BCUT2D eigenvalue weighted by Gasteiger charge is 2.14. The van der Waals surface area contributed by atoms with E-state index in [1.54, 1.807) is 31.2 Å². The predicted molar refractivity (Wildman–Crippen MR) is 122 cm³/mol. The first-order chi connectivity index (χ1) is 15.8. The smallest absolute Gasteiger partial charge is 0.387 e. The second kappa shape index (κ2) is 11.0. The number of nitrogens with two attached hydrogens (primary N) is 1. The number of alkyl halides is 2. The molecule has 0 saturated carbocycles. The maximum atomic E-state index is 12.4. The Morgan fingerprint density at radius 3 is 2.70 bits per heavy atom. The second-order valence-corrected chi connectivity index (χ2v) is 7.57. The summed E-state index contributed by atoms with van der Waals surface area (Å²) in [5.41, 5.74) is 6.36. The minimum absolute atomic E-state index is 0.0184. The number of nitrogens with zero attached hydrogens (tertiary/aromatic N) is 3. The zero-order valence-corrected chi connectivity index (χ0v) is 19.5. The molecule has 1 amide bonds. The number of aromatic nitrogens is 3. The molecule has 3 rings (SSSR count). The summed E-state index contributed by atoms with van der Waals surface area (Å²) in [4.78, 5) is 11.1. The average molecular weight is 542 g/mol. The second-order valence-electron chi connectivity index (χ2n) is 6.33. The number of hydrogen-bond acceptors (Lipinski definition) is 7. The Labute approximate surface area is 200 Å². The minimum atomic E-state index is -2.91. The van der Waals surface area contributed by atoms with Gasteiger partial charge in [-0.3, -0.25) is 4.79 Å². The van der Waals surface area contributed by atoms with Gasteiger partial charge in [0.1, 0.15) is 5.75 Å². The quantitative estimate of drug-likeness (QED) is 0.294. The number of nitrogens with one attached hydrogen (secondary N) is 1. The number of ether oxygens (including phenoxy) is 3. The third-order valence-electron chi connectivity index (χ3n) is 4.00. The number of carbonyl (C=O) groups is 1. The molecule has 0 radical (unpaired) electrons. The molecule has 33 heavy (non-hydrogen) atoms. The Balaban J connectivity index is 1.90. The Morgan fingerprint density at radius 1 is 1.33 bits per heavy atom. The van der Waals surface area contributed by atoms with Crippen LogP contribution in [0.1, 0.15) is 12.5 Å². The molecular formula is C20H18BrF2N5O4S. The monoisotopic (exact) mass is 541 g/mol. The van der Waals surface area contributed by atoms with E-state index < -0.39 is 12.5 Å². The van der Waals surface area contributed by atoms with E-state index in [-0.39, 0.29) is 17.1 Å². The van der Waals surface area contributed by atoms with Crippen molar-refractivity contribution in [2.75, 3.05) is 13.2 Å². The van der Waals surface area contributed by atoms with E-state index >= 15 is 0 Å². The fourth-order valence-corrected chi connectivity index (χ4v) is 3.46. The van der Waals surface area contributed by atoms with E-state index in [0.29, 0.717) is 39.5 Å². The van der Waals surface area contributed by atoms with E-state index in [1.807, 2.05) is 0 Å². The maximum absolute atomic E-state index is 12.4. The molecule has 0 saturated heterocycles. The molecule has 0 unspecified atom stereocenters. The molecule has 0 spiro atoms. The normalized spacial score (nSPS) is 11.2. The van der Waals surface area contributed by atoms with Crippen LogP contribution in [0.2, 0.25) is 0 Å². The Kier molecular flexibility index (Phi) is 8.11. The molecule has 0 bridgehead atoms. The number of H-pyrrole nitrogens is 1. The van der Waals surface area contributed by atoms with Crippen LogP contribution in [-0.4, -0.2) is 46.8 Å². The van der Waals surface area contributed by atoms with E-state index in [4.69, 9.17) is 27.4 Å². The molecule has 9 nitrogen and oxygen atoms in total. The van der Waals surface area contributed by atoms with Crippen molar-refractivity contribution in [3.8, 4) is 28.6 Å². The van der Waals surface area contributed by atoms with E-state index in [9.17, 15) is 13.6 Å². The molecule has 1 aromatic heterocycles. The lowest BCUT2D eigenvalue weighted by molar-refractivity contribution is -0.120. The highest BCUT2D eigenvalue weighted by Crippen LogP contribution is 2.36. The third-order valence-corrected chi connectivity index (χ3v) is 4.85. The summed E-state index contributed by atoms with van der Waals surface area (Å²) in [5, 5.41) is 11.2. The van der Waals surface area contributed by atoms with Gasteiger partial charge >= 0.3 is 6.61 Å². The summed E-state index contributed by atoms with van der Waals surface area (Å²) in [7, 11) is 0. The van der Waals surface area contributed by atoms with Gasteiger partial charge in [-0.05, 0) is 77.0 Å². The SMILES string of the molecule is CCOc1cc(/C=N/n2c(-c3ccc(OC(F)F)cc3)n[nH]c2=S)cc(Br)c1OCC(N)=O. The summed E-state index contributed by atoms with van der Waals surface area (Å²) in [5.74, 6) is 0.487. The molecule has 0 aliphatic heterocycles. The minimum Gasteiger partial charge on any atom is -0.490 e. The zero-order valence-electron chi connectivity index (χ0n) is 17.1. The number of carbonyl (C=O) groups excluding carboxylic acids is 1. The van der Waals surface area contributed by atoms with E-state index in [0.717, 1.165) is 0 Å². The molecule has 0 fully saturated rings. The first kappa shape index (κ1) is 24.3. The molecule has 3 aromatic rings. The number of halogens is 3. The van der Waals surface area contributed by atoms with Crippen molar-refractivity contribution in [1.29, 1.82) is 0 Å². The van der Waals surface area contributed by atoms with E-state index in [2.05, 4.69) is 36.0 Å². The Bertz CT molecular complexity index is 1210. The molecule has 174 valence electrons. The molecule has 0 aliphatic carbocycles. The van der Waals surface area contributed by atoms with Crippen molar-refractivity contribution in [2.24, 2.45) is 10.8 Å². The van der Waals surface area contributed by atoms with E-state index in [1.165, 1.54) is 23.0 Å². The molecule has 3 N–H and O–H groups in total. The van der Waals surface area contributed by atoms with Gasteiger partial charge in [-0.15, -0.1) is 0 Å². The van der Waals surface area contributed by atoms with Crippen molar-refractivity contribution in [3.63, 3.8) is 0 Å². The maximum Gasteiger partial charge on any atom is 0.387 e. The van der Waals surface area contributed by atoms with Gasteiger partial charge in [0.25, 0.3) is 5.91 Å². The molecule has 1 heterocycles. The first-order valence-corrected chi connectivity index (χ1v) is 10.6. The predicted octanol–water partition coefficient (Wildman–Crippen LogP) is 4.12. The highest BCUT2D eigenvalue weighted by molar-refractivity contribution is 9.10. The van der Waals surface area contributed by atoms with Crippen molar-refractivity contribution < 1.29 is 27.8 Å². The van der Waals surface area contributed by atoms with Crippen molar-refractivity contribution in [1.82, 2.24) is 14.9 Å². The largest absolute Gasteiger partial charge is 0.490 e. The van der Waals surface area contributed by atoms with Gasteiger partial charge < -0.3 is 19.9 Å². The lowest BCUT2D eigenvalue weighted by Gasteiger charge is -2.13. The summed E-state index contributed by atoms with van der Waals surface area (Å²) >= 11 is 8.65. The number of hydrogen-bond donors (Lipinski definition) is 2. The van der Waals surface area contributed by atoms with Gasteiger partial charge in [-0.25, -0.2) is 5.10 Å². The van der Waals surface area contributed by atoms with Crippen LogP contribution in [0.15, 0.2) is 46.0 Å². The van der Waals surface area contributed by atoms with Crippen LogP contribution in [-0.2, 0) is 4.79 Å². The summed E-state index contributed by atoms with van der Waals surface area (Å²) in [6.45, 7) is -1.05. The molecular weight excluding hydrogens is 524 g/mol. The fourth-order valence-electron chi connectivity index (χ4n) is 2.70. The Hall–Kier alpha value is -3.32. The number of rotatable bonds is 10. The van der Waals surface area contributed by atoms with Crippen LogP contribution < -0.4 is 19.9 Å². The lowest BCUT2D eigenvalue weighted by Crippen LogP contribution is -2.20. The lowest BCUT2D eigenvalue weighted by atomic mass is 10.2. The summed E-state index contributed by atoms with van der Waals surface area (Å²) in [6.07, 6.45) is 1.52. The van der Waals surface area contributed by atoms with Crippen LogP contribution in [0, 0.1) is 4.77 Å². The van der Waals surface area contributed by atoms with Gasteiger partial charge in [-0.2, -0.15) is 23.7 Å². The van der Waals surface area contributed by atoms with Crippen molar-refractivity contribution in [3.05, 3.63) is 51.2 Å². The standard InChI is InChI=1S/C20H18BrF2N5O4S/c1-2-30-15-8-11(7-14(21)17(15)31-10-16(24)29)9-25-28-18(26-27-20(28)33)12-3-5-13(6-4-12)32-19(22)23/h3-9,19H,2,10H2,1H3,(H2,24,29)(H,27,33)/b25-9+. The van der Waals surface area contributed by atoms with Gasteiger partial charge in [0.2, 0.25) is 4.77 Å². The highest BCUT2D eigenvalue weighted by atomic mass is 79.9. The third kappa shape index (κ3) is 6.35. The first-order valence-electron chi connectivity index (χ1n) is 9.43. The molecule has 0 aliphatic rings. The number of aromatic amines is 1. The van der Waals surface area contributed by atoms with Crippen LogP contribution >= 0.6 is 28.1 Å². The summed E-state index contributed by atoms with van der Waals surface area (Å²) in [6, 6.07) is 9.29. The molecule has 13 heteroatoms. The van der Waals surface area contributed by atoms with Crippen molar-refractivity contribution in [2.45, 2.75) is 13.5 Å². The van der Waals surface area contributed by atoms with Gasteiger partial charge in [0.15, 0.2) is 23.9 Å². The number of benzene rings is 2. The topological polar surface area (TPSA) is 117 Å². The van der Waals surface area contributed by atoms with Crippen LogP contribution in [0.25, 0.3) is 11.4 Å². The van der Waals surface area contributed by atoms with Crippen molar-refractivity contribution >= 4 is 40.3 Å². The zero-order chi connectivity index (χ0) is 24.0. The fraction of sp³-hybridized carbons (Fsp3) is 0.200. The molecule has 2 aromatic carbocycles. The van der Waals surface area contributed by atoms with Gasteiger partial charge in [0, 0.05) is 5.56 Å².